The average molecular weight is 252 g/mol. The van der Waals surface area contributed by atoms with Gasteiger partial charge in [-0.1, -0.05) is 12.8 Å². The summed E-state index contributed by atoms with van der Waals surface area (Å²) in [5.74, 6) is 0.510. The summed E-state index contributed by atoms with van der Waals surface area (Å²) in [4.78, 5) is 28.0. The molecule has 2 rings (SSSR count). The molecular weight excluding hydrogens is 228 g/mol. The molecule has 1 saturated carbocycles. The van der Waals surface area contributed by atoms with E-state index in [1.54, 1.807) is 0 Å². The molecule has 0 N–H and O–H groups in total. The molecule has 4 heteroatoms. The Balaban J connectivity index is 1.87. The SMILES string of the molecule is CN(CC(=O)N1CCCC1)C1CCCCCC1=O. The van der Waals surface area contributed by atoms with Crippen molar-refractivity contribution < 1.29 is 9.59 Å². The Kier molecular flexibility index (Phi) is 4.75. The monoisotopic (exact) mass is 252 g/mol. The topological polar surface area (TPSA) is 40.6 Å². The van der Waals surface area contributed by atoms with E-state index < -0.39 is 0 Å². The van der Waals surface area contributed by atoms with E-state index in [0.29, 0.717) is 18.7 Å². The largest absolute Gasteiger partial charge is 0.342 e. The zero-order valence-electron chi connectivity index (χ0n) is 11.4. The highest BCUT2D eigenvalue weighted by Gasteiger charge is 2.27. The minimum absolute atomic E-state index is 0.0287. The van der Waals surface area contributed by atoms with E-state index >= 15 is 0 Å². The number of carbonyl (C=O) groups excluding carboxylic acids is 2. The van der Waals surface area contributed by atoms with Crippen LogP contribution in [0.2, 0.25) is 0 Å². The van der Waals surface area contributed by atoms with E-state index in [-0.39, 0.29) is 11.9 Å². The molecule has 0 bridgehead atoms. The maximum absolute atomic E-state index is 12.1. The Hall–Kier alpha value is -0.900. The molecule has 1 aliphatic carbocycles. The van der Waals surface area contributed by atoms with Gasteiger partial charge in [0.15, 0.2) is 0 Å². The van der Waals surface area contributed by atoms with Gasteiger partial charge in [-0.25, -0.2) is 0 Å². The Labute approximate surface area is 109 Å². The van der Waals surface area contributed by atoms with Gasteiger partial charge in [0, 0.05) is 19.5 Å². The van der Waals surface area contributed by atoms with Crippen molar-refractivity contribution in [1.29, 1.82) is 0 Å². The lowest BCUT2D eigenvalue weighted by atomic mass is 10.1. The summed E-state index contributed by atoms with van der Waals surface area (Å²) in [6.07, 6.45) is 7.13. The van der Waals surface area contributed by atoms with Crippen LogP contribution in [0.1, 0.15) is 44.9 Å². The van der Waals surface area contributed by atoms with E-state index in [4.69, 9.17) is 0 Å². The van der Waals surface area contributed by atoms with Crippen molar-refractivity contribution in [2.75, 3.05) is 26.7 Å². The molecule has 18 heavy (non-hydrogen) atoms. The number of likely N-dealkylation sites (tertiary alicyclic amines) is 1. The van der Waals surface area contributed by atoms with Crippen LogP contribution < -0.4 is 0 Å². The number of hydrogen-bond donors (Lipinski definition) is 0. The van der Waals surface area contributed by atoms with E-state index in [1.807, 2.05) is 16.8 Å². The molecule has 0 aromatic carbocycles. The Bertz CT molecular complexity index is 311. The molecule has 102 valence electrons. The number of hydrogen-bond acceptors (Lipinski definition) is 3. The molecule has 1 heterocycles. The summed E-state index contributed by atoms with van der Waals surface area (Å²) >= 11 is 0. The van der Waals surface area contributed by atoms with Crippen LogP contribution in [0.3, 0.4) is 0 Å². The minimum atomic E-state index is -0.0287. The minimum Gasteiger partial charge on any atom is -0.342 e. The number of amides is 1. The number of ketones is 1. The van der Waals surface area contributed by atoms with E-state index in [0.717, 1.165) is 51.6 Å². The van der Waals surface area contributed by atoms with Crippen molar-refractivity contribution in [2.45, 2.75) is 51.0 Å². The lowest BCUT2D eigenvalue weighted by Crippen LogP contribution is -2.44. The first-order valence-electron chi connectivity index (χ1n) is 7.19. The molecule has 1 unspecified atom stereocenters. The molecular formula is C14H24N2O2. The predicted molar refractivity (Wildman–Crippen MR) is 70.3 cm³/mol. The van der Waals surface area contributed by atoms with Crippen molar-refractivity contribution >= 4 is 11.7 Å². The van der Waals surface area contributed by atoms with Gasteiger partial charge in [0.25, 0.3) is 0 Å². The standard InChI is InChI=1S/C14H24N2O2/c1-15(11-14(18)16-9-5-6-10-16)12-7-3-2-4-8-13(12)17/h12H,2-11H2,1H3. The number of rotatable bonds is 3. The van der Waals surface area contributed by atoms with Gasteiger partial charge in [0.2, 0.25) is 5.91 Å². The van der Waals surface area contributed by atoms with E-state index in [1.165, 1.54) is 0 Å². The molecule has 2 fully saturated rings. The summed E-state index contributed by atoms with van der Waals surface area (Å²) in [5.41, 5.74) is 0. The summed E-state index contributed by atoms with van der Waals surface area (Å²) in [6.45, 7) is 2.19. The van der Waals surface area contributed by atoms with Crippen LogP contribution in [-0.4, -0.2) is 54.2 Å². The Morgan fingerprint density at radius 3 is 2.67 bits per heavy atom. The van der Waals surface area contributed by atoms with Crippen LogP contribution in [0.5, 0.6) is 0 Å². The molecule has 1 saturated heterocycles. The van der Waals surface area contributed by atoms with Crippen LogP contribution in [0.15, 0.2) is 0 Å². The van der Waals surface area contributed by atoms with Crippen molar-refractivity contribution in [3.8, 4) is 0 Å². The number of likely N-dealkylation sites (N-methyl/N-ethyl adjacent to an activating group) is 1. The Morgan fingerprint density at radius 1 is 1.22 bits per heavy atom. The summed E-state index contributed by atoms with van der Waals surface area (Å²) < 4.78 is 0. The van der Waals surface area contributed by atoms with Crippen molar-refractivity contribution in [3.63, 3.8) is 0 Å². The normalized spacial score (nSPS) is 25.6. The highest BCUT2D eigenvalue weighted by Crippen LogP contribution is 2.18. The van der Waals surface area contributed by atoms with E-state index in [9.17, 15) is 9.59 Å². The molecule has 1 amide bonds. The lowest BCUT2D eigenvalue weighted by molar-refractivity contribution is -0.133. The molecule has 2 aliphatic rings. The first-order chi connectivity index (χ1) is 8.68. The van der Waals surface area contributed by atoms with Crippen LogP contribution in [0, 0.1) is 0 Å². The molecule has 0 spiro atoms. The van der Waals surface area contributed by atoms with E-state index in [2.05, 4.69) is 0 Å². The van der Waals surface area contributed by atoms with Gasteiger partial charge in [-0.3, -0.25) is 14.5 Å². The molecule has 1 atom stereocenters. The third-order valence-corrected chi connectivity index (χ3v) is 4.15. The highest BCUT2D eigenvalue weighted by molar-refractivity contribution is 5.85. The van der Waals surface area contributed by atoms with Crippen LogP contribution in [-0.2, 0) is 9.59 Å². The molecule has 0 aromatic rings. The van der Waals surface area contributed by atoms with Gasteiger partial charge in [-0.15, -0.1) is 0 Å². The Morgan fingerprint density at radius 2 is 1.94 bits per heavy atom. The fraction of sp³-hybridized carbons (Fsp3) is 0.857. The fourth-order valence-electron chi connectivity index (χ4n) is 3.00. The second-order valence-corrected chi connectivity index (χ2v) is 5.58. The fourth-order valence-corrected chi connectivity index (χ4v) is 3.00. The maximum atomic E-state index is 12.1. The molecule has 0 radical (unpaired) electrons. The zero-order valence-corrected chi connectivity index (χ0v) is 11.4. The highest BCUT2D eigenvalue weighted by atomic mass is 16.2. The number of nitrogens with zero attached hydrogens (tertiary/aromatic N) is 2. The average Bonchev–Trinajstić information content (AvgIpc) is 2.79. The molecule has 4 nitrogen and oxygen atoms in total. The second-order valence-electron chi connectivity index (χ2n) is 5.58. The summed E-state index contributed by atoms with van der Waals surface area (Å²) in [6, 6.07) is -0.0287. The second kappa shape index (κ2) is 6.32. The van der Waals surface area contributed by atoms with Crippen molar-refractivity contribution in [2.24, 2.45) is 0 Å². The van der Waals surface area contributed by atoms with Crippen molar-refractivity contribution in [3.05, 3.63) is 0 Å². The van der Waals surface area contributed by atoms with Gasteiger partial charge < -0.3 is 4.90 Å². The van der Waals surface area contributed by atoms with Gasteiger partial charge in [-0.05, 0) is 32.7 Å². The van der Waals surface area contributed by atoms with Gasteiger partial charge in [-0.2, -0.15) is 0 Å². The predicted octanol–water partition coefficient (Wildman–Crippen LogP) is 1.44. The van der Waals surface area contributed by atoms with Gasteiger partial charge in [0.05, 0.1) is 12.6 Å². The quantitative estimate of drug-likeness (QED) is 0.714. The maximum Gasteiger partial charge on any atom is 0.236 e. The number of carbonyl (C=O) groups is 2. The van der Waals surface area contributed by atoms with Crippen LogP contribution in [0.4, 0.5) is 0 Å². The smallest absolute Gasteiger partial charge is 0.236 e. The van der Waals surface area contributed by atoms with Crippen LogP contribution >= 0.6 is 0 Å². The summed E-state index contributed by atoms with van der Waals surface area (Å²) in [7, 11) is 1.92. The number of Topliss-reactive ketones (excluding diaryl/α,β-unsaturated/α-hetero) is 1. The first-order valence-corrected chi connectivity index (χ1v) is 7.19. The van der Waals surface area contributed by atoms with Crippen molar-refractivity contribution in [1.82, 2.24) is 9.80 Å². The zero-order chi connectivity index (χ0) is 13.0. The third-order valence-electron chi connectivity index (χ3n) is 4.15. The lowest BCUT2D eigenvalue weighted by Gasteiger charge is -2.27. The third kappa shape index (κ3) is 3.31. The molecule has 0 aromatic heterocycles. The van der Waals surface area contributed by atoms with Crippen LogP contribution in [0.25, 0.3) is 0 Å². The van der Waals surface area contributed by atoms with Gasteiger partial charge >= 0.3 is 0 Å². The van der Waals surface area contributed by atoms with Gasteiger partial charge in [0.1, 0.15) is 5.78 Å². The first kappa shape index (κ1) is 13.5. The molecule has 1 aliphatic heterocycles. The summed E-state index contributed by atoms with van der Waals surface area (Å²) in [5, 5.41) is 0.